The Morgan fingerprint density at radius 3 is 2.29 bits per heavy atom. The van der Waals surface area contributed by atoms with Gasteiger partial charge in [0.1, 0.15) is 0 Å². The lowest BCUT2D eigenvalue weighted by atomic mass is 9.95. The van der Waals surface area contributed by atoms with E-state index in [0.29, 0.717) is 11.4 Å². The molecule has 14 heavy (non-hydrogen) atoms. The molecule has 0 amide bonds. The number of Topliss-reactive ketones (excluding diaryl/α,β-unsaturated/α-hetero) is 1. The van der Waals surface area contributed by atoms with Crippen molar-refractivity contribution in [2.75, 3.05) is 0 Å². The van der Waals surface area contributed by atoms with Crippen LogP contribution in [-0.4, -0.2) is 11.3 Å². The van der Waals surface area contributed by atoms with Crippen LogP contribution in [0.3, 0.4) is 0 Å². The van der Waals surface area contributed by atoms with Gasteiger partial charge in [-0.1, -0.05) is 23.7 Å². The topological polar surface area (TPSA) is 43.1 Å². The van der Waals surface area contributed by atoms with E-state index in [4.69, 9.17) is 17.3 Å². The van der Waals surface area contributed by atoms with E-state index in [1.165, 1.54) is 0 Å². The maximum Gasteiger partial charge on any atom is 0.156 e. The molecule has 2 nitrogen and oxygen atoms in total. The first-order valence-electron chi connectivity index (χ1n) is 4.46. The van der Waals surface area contributed by atoms with E-state index in [1.807, 2.05) is 12.1 Å². The van der Waals surface area contributed by atoms with E-state index >= 15 is 0 Å². The highest BCUT2D eigenvalue weighted by molar-refractivity contribution is 6.30. The third kappa shape index (κ3) is 3.13. The van der Waals surface area contributed by atoms with Crippen molar-refractivity contribution in [3.8, 4) is 0 Å². The molecule has 1 aromatic rings. The Labute approximate surface area is 89.1 Å². The quantitative estimate of drug-likeness (QED) is 0.833. The summed E-state index contributed by atoms with van der Waals surface area (Å²) in [6, 6.07) is 7.22. The van der Waals surface area contributed by atoms with Gasteiger partial charge in [0.05, 0.1) is 5.54 Å². The minimum absolute atomic E-state index is 0.0276. The molecule has 0 aliphatic rings. The molecule has 0 aliphatic carbocycles. The van der Waals surface area contributed by atoms with Gasteiger partial charge in [-0.05, 0) is 31.5 Å². The molecule has 76 valence electrons. The van der Waals surface area contributed by atoms with Crippen molar-refractivity contribution in [2.45, 2.75) is 25.8 Å². The second kappa shape index (κ2) is 4.11. The van der Waals surface area contributed by atoms with Gasteiger partial charge in [0.15, 0.2) is 5.78 Å². The van der Waals surface area contributed by atoms with E-state index in [0.717, 1.165) is 5.56 Å². The zero-order chi connectivity index (χ0) is 10.8. The highest BCUT2D eigenvalue weighted by Gasteiger charge is 2.21. The summed E-state index contributed by atoms with van der Waals surface area (Å²) >= 11 is 5.73. The Balaban J connectivity index is 2.71. The van der Waals surface area contributed by atoms with Crippen LogP contribution in [0, 0.1) is 0 Å². The van der Waals surface area contributed by atoms with Gasteiger partial charge in [0, 0.05) is 11.4 Å². The average Bonchev–Trinajstić information content (AvgIpc) is 2.07. The van der Waals surface area contributed by atoms with Gasteiger partial charge in [-0.3, -0.25) is 4.79 Å². The molecule has 2 N–H and O–H groups in total. The number of benzene rings is 1. The number of halogens is 1. The number of hydrogen-bond donors (Lipinski definition) is 1. The predicted octanol–water partition coefficient (Wildman–Crippen LogP) is 2.19. The van der Waals surface area contributed by atoms with Crippen molar-refractivity contribution in [3.63, 3.8) is 0 Å². The lowest BCUT2D eigenvalue weighted by molar-refractivity contribution is -0.122. The standard InChI is InChI=1S/C11H14ClNO/c1-11(2,13)10(14)7-8-3-5-9(12)6-4-8/h3-6H,7,13H2,1-2H3. The van der Waals surface area contributed by atoms with E-state index in [1.54, 1.807) is 26.0 Å². The number of nitrogens with two attached hydrogens (primary N) is 1. The fraction of sp³-hybridized carbons (Fsp3) is 0.364. The van der Waals surface area contributed by atoms with Crippen LogP contribution < -0.4 is 5.73 Å². The summed E-state index contributed by atoms with van der Waals surface area (Å²) in [5.74, 6) is 0.0276. The Hall–Kier alpha value is -0.860. The Morgan fingerprint density at radius 2 is 1.86 bits per heavy atom. The van der Waals surface area contributed by atoms with Crippen LogP contribution in [0.2, 0.25) is 5.02 Å². The number of hydrogen-bond acceptors (Lipinski definition) is 2. The zero-order valence-corrected chi connectivity index (χ0v) is 9.14. The van der Waals surface area contributed by atoms with Gasteiger partial charge >= 0.3 is 0 Å². The maximum absolute atomic E-state index is 11.6. The van der Waals surface area contributed by atoms with Crippen LogP contribution in [0.15, 0.2) is 24.3 Å². The molecule has 0 saturated heterocycles. The number of carbonyl (C=O) groups excluding carboxylic acids is 1. The summed E-state index contributed by atoms with van der Waals surface area (Å²) in [6.45, 7) is 3.43. The van der Waals surface area contributed by atoms with E-state index in [-0.39, 0.29) is 5.78 Å². The van der Waals surface area contributed by atoms with E-state index < -0.39 is 5.54 Å². The lowest BCUT2D eigenvalue weighted by Gasteiger charge is -2.16. The van der Waals surface area contributed by atoms with Crippen molar-refractivity contribution < 1.29 is 4.79 Å². The normalized spacial score (nSPS) is 11.4. The summed E-state index contributed by atoms with van der Waals surface area (Å²) in [4.78, 5) is 11.6. The highest BCUT2D eigenvalue weighted by Crippen LogP contribution is 2.12. The first kappa shape index (κ1) is 11.2. The largest absolute Gasteiger partial charge is 0.319 e. The van der Waals surface area contributed by atoms with Gasteiger partial charge < -0.3 is 5.73 Å². The summed E-state index contributed by atoms with van der Waals surface area (Å²) in [7, 11) is 0. The summed E-state index contributed by atoms with van der Waals surface area (Å²) in [6.07, 6.45) is 0.362. The van der Waals surface area contributed by atoms with Crippen LogP contribution in [0.25, 0.3) is 0 Å². The molecule has 0 heterocycles. The van der Waals surface area contributed by atoms with Crippen LogP contribution in [0.4, 0.5) is 0 Å². The lowest BCUT2D eigenvalue weighted by Crippen LogP contribution is -2.42. The molecule has 0 aromatic heterocycles. The summed E-state index contributed by atoms with van der Waals surface area (Å²) in [5.41, 5.74) is 5.86. The maximum atomic E-state index is 11.6. The van der Waals surface area contributed by atoms with Crippen LogP contribution in [0.1, 0.15) is 19.4 Å². The molecule has 1 rings (SSSR count). The minimum atomic E-state index is -0.764. The average molecular weight is 212 g/mol. The second-order valence-corrected chi connectivity index (χ2v) is 4.38. The van der Waals surface area contributed by atoms with Gasteiger partial charge in [0.25, 0.3) is 0 Å². The number of ketones is 1. The molecule has 0 saturated carbocycles. The summed E-state index contributed by atoms with van der Waals surface area (Å²) < 4.78 is 0. The van der Waals surface area contributed by atoms with Gasteiger partial charge in [-0.15, -0.1) is 0 Å². The molecule has 0 unspecified atom stereocenters. The molecule has 1 aromatic carbocycles. The molecule has 3 heteroatoms. The predicted molar refractivity (Wildman–Crippen MR) is 58.4 cm³/mol. The van der Waals surface area contributed by atoms with Crippen molar-refractivity contribution >= 4 is 17.4 Å². The zero-order valence-electron chi connectivity index (χ0n) is 8.38. The minimum Gasteiger partial charge on any atom is -0.319 e. The van der Waals surface area contributed by atoms with Gasteiger partial charge in [-0.2, -0.15) is 0 Å². The molecular formula is C11H14ClNO. The Kier molecular flexibility index (Phi) is 3.29. The van der Waals surface area contributed by atoms with Crippen molar-refractivity contribution in [2.24, 2.45) is 5.73 Å². The Morgan fingerprint density at radius 1 is 1.36 bits per heavy atom. The molecule has 0 bridgehead atoms. The smallest absolute Gasteiger partial charge is 0.156 e. The molecule has 0 fully saturated rings. The molecular weight excluding hydrogens is 198 g/mol. The third-order valence-corrected chi connectivity index (χ3v) is 2.25. The van der Waals surface area contributed by atoms with Crippen molar-refractivity contribution in [1.82, 2.24) is 0 Å². The first-order chi connectivity index (χ1) is 6.39. The van der Waals surface area contributed by atoms with Crippen LogP contribution in [0.5, 0.6) is 0 Å². The van der Waals surface area contributed by atoms with Crippen LogP contribution >= 0.6 is 11.6 Å². The van der Waals surface area contributed by atoms with E-state index in [2.05, 4.69) is 0 Å². The second-order valence-electron chi connectivity index (χ2n) is 3.95. The summed E-state index contributed by atoms with van der Waals surface area (Å²) in [5, 5.41) is 0.674. The number of rotatable bonds is 3. The highest BCUT2D eigenvalue weighted by atomic mass is 35.5. The van der Waals surface area contributed by atoms with Gasteiger partial charge in [0.2, 0.25) is 0 Å². The first-order valence-corrected chi connectivity index (χ1v) is 4.84. The third-order valence-electron chi connectivity index (χ3n) is 2.00. The molecule has 0 atom stereocenters. The molecule has 0 aliphatic heterocycles. The fourth-order valence-corrected chi connectivity index (χ4v) is 1.14. The monoisotopic (exact) mass is 211 g/mol. The fourth-order valence-electron chi connectivity index (χ4n) is 1.02. The molecule has 0 spiro atoms. The van der Waals surface area contributed by atoms with Crippen molar-refractivity contribution in [3.05, 3.63) is 34.9 Å². The van der Waals surface area contributed by atoms with Crippen molar-refractivity contribution in [1.29, 1.82) is 0 Å². The molecule has 0 radical (unpaired) electrons. The van der Waals surface area contributed by atoms with E-state index in [9.17, 15) is 4.79 Å². The Bertz CT molecular complexity index is 324. The van der Waals surface area contributed by atoms with Gasteiger partial charge in [-0.25, -0.2) is 0 Å². The SMILES string of the molecule is CC(C)(N)C(=O)Cc1ccc(Cl)cc1. The van der Waals surface area contributed by atoms with Crippen LogP contribution in [-0.2, 0) is 11.2 Å². The number of carbonyl (C=O) groups is 1.